The van der Waals surface area contributed by atoms with Gasteiger partial charge in [0.25, 0.3) is 0 Å². The van der Waals surface area contributed by atoms with E-state index in [0.29, 0.717) is 18.7 Å². The average Bonchev–Trinajstić information content (AvgIpc) is 3.03. The average molecular weight is 397 g/mol. The van der Waals surface area contributed by atoms with Crippen LogP contribution in [-0.2, 0) is 16.1 Å². The Morgan fingerprint density at radius 2 is 1.93 bits per heavy atom. The van der Waals surface area contributed by atoms with Crippen LogP contribution in [0.1, 0.15) is 24.8 Å². The first-order chi connectivity index (χ1) is 14.0. The van der Waals surface area contributed by atoms with E-state index in [1.54, 1.807) is 4.90 Å². The van der Waals surface area contributed by atoms with Crippen molar-refractivity contribution < 1.29 is 14.1 Å². The van der Waals surface area contributed by atoms with Crippen LogP contribution in [0.15, 0.2) is 34.9 Å². The van der Waals surface area contributed by atoms with E-state index in [0.717, 1.165) is 49.9 Å². The van der Waals surface area contributed by atoms with Gasteiger partial charge in [-0.15, -0.1) is 0 Å². The normalized spacial score (nSPS) is 20.8. The van der Waals surface area contributed by atoms with E-state index in [2.05, 4.69) is 20.3 Å². The van der Waals surface area contributed by atoms with Gasteiger partial charge in [0.2, 0.25) is 11.8 Å². The first-order valence-corrected chi connectivity index (χ1v) is 10.1. The van der Waals surface area contributed by atoms with E-state index in [9.17, 15) is 9.59 Å². The van der Waals surface area contributed by atoms with E-state index >= 15 is 0 Å². The Labute approximate surface area is 170 Å². The molecule has 154 valence electrons. The van der Waals surface area contributed by atoms with Crippen LogP contribution < -0.4 is 10.2 Å². The quantitative estimate of drug-likeness (QED) is 0.848. The van der Waals surface area contributed by atoms with E-state index < -0.39 is 0 Å². The summed E-state index contributed by atoms with van der Waals surface area (Å²) in [4.78, 5) is 31.6. The number of benzene rings is 1. The number of amides is 2. The van der Waals surface area contributed by atoms with Gasteiger partial charge in [0.05, 0.1) is 23.6 Å². The van der Waals surface area contributed by atoms with Gasteiger partial charge in [-0.05, 0) is 26.0 Å². The van der Waals surface area contributed by atoms with Gasteiger partial charge in [0, 0.05) is 51.3 Å². The molecule has 0 radical (unpaired) electrons. The first kappa shape index (κ1) is 19.6. The summed E-state index contributed by atoms with van der Waals surface area (Å²) >= 11 is 0. The molecule has 0 aliphatic carbocycles. The van der Waals surface area contributed by atoms with E-state index in [1.807, 2.05) is 44.2 Å². The Hall–Kier alpha value is -2.71. The lowest BCUT2D eigenvalue weighted by Crippen LogP contribution is -2.51. The molecule has 1 aromatic carbocycles. The number of nitrogens with zero attached hydrogens (tertiary/aromatic N) is 4. The van der Waals surface area contributed by atoms with Gasteiger partial charge in [0.1, 0.15) is 5.76 Å². The Kier molecular flexibility index (Phi) is 5.64. The molecule has 1 saturated heterocycles. The maximum absolute atomic E-state index is 13.2. The second-order valence-corrected chi connectivity index (χ2v) is 7.86. The minimum atomic E-state index is -0.178. The number of carbonyl (C=O) groups excluding carboxylic acids is 2. The van der Waals surface area contributed by atoms with Crippen LogP contribution in [0.25, 0.3) is 0 Å². The zero-order valence-corrected chi connectivity index (χ0v) is 16.9. The molecule has 1 aromatic heterocycles. The van der Waals surface area contributed by atoms with E-state index in [1.165, 1.54) is 0 Å². The maximum atomic E-state index is 13.2. The van der Waals surface area contributed by atoms with Crippen molar-refractivity contribution in [1.82, 2.24) is 15.0 Å². The molecule has 2 amide bonds. The molecule has 8 heteroatoms. The summed E-state index contributed by atoms with van der Waals surface area (Å²) in [6.45, 7) is 8.35. The van der Waals surface area contributed by atoms with Crippen molar-refractivity contribution >= 4 is 23.2 Å². The third-order valence-electron chi connectivity index (χ3n) is 5.51. The van der Waals surface area contributed by atoms with Gasteiger partial charge in [0.15, 0.2) is 0 Å². The van der Waals surface area contributed by atoms with E-state index in [4.69, 9.17) is 4.52 Å². The summed E-state index contributed by atoms with van der Waals surface area (Å²) in [5.41, 5.74) is 2.41. The highest BCUT2D eigenvalue weighted by molar-refractivity contribution is 6.04. The number of fused-ring (bicyclic) bond motifs is 1. The minimum Gasteiger partial charge on any atom is -0.361 e. The lowest BCUT2D eigenvalue weighted by atomic mass is 10.1. The summed E-state index contributed by atoms with van der Waals surface area (Å²) in [7, 11) is 0. The standard InChI is InChI=1S/C21H27N5O3/c1-15-11-20(27)22-18-5-3-4-6-19(18)26(15)21(28)14-25-9-7-24(8-10-25)13-17-12-16(2)29-23-17/h3-6,12,15H,7-11,13-14H2,1-2H3,(H,22,27). The molecule has 3 heterocycles. The number of anilines is 2. The molecular formula is C21H27N5O3. The molecule has 2 aliphatic heterocycles. The lowest BCUT2D eigenvalue weighted by molar-refractivity contribution is -0.120. The van der Waals surface area contributed by atoms with Crippen LogP contribution in [0.3, 0.4) is 0 Å². The highest BCUT2D eigenvalue weighted by Crippen LogP contribution is 2.31. The summed E-state index contributed by atoms with van der Waals surface area (Å²) in [5.74, 6) is 0.794. The number of rotatable bonds is 4. The zero-order valence-electron chi connectivity index (χ0n) is 16.9. The molecular weight excluding hydrogens is 370 g/mol. The van der Waals surface area contributed by atoms with Crippen LogP contribution in [-0.4, -0.2) is 65.5 Å². The fraction of sp³-hybridized carbons (Fsp3) is 0.476. The molecule has 2 aromatic rings. The summed E-state index contributed by atoms with van der Waals surface area (Å²) < 4.78 is 5.14. The Bertz CT molecular complexity index is 888. The highest BCUT2D eigenvalue weighted by atomic mass is 16.5. The van der Waals surface area contributed by atoms with Crippen molar-refractivity contribution in [2.75, 3.05) is 42.9 Å². The molecule has 29 heavy (non-hydrogen) atoms. The molecule has 1 unspecified atom stereocenters. The Morgan fingerprint density at radius 1 is 1.21 bits per heavy atom. The third-order valence-corrected chi connectivity index (χ3v) is 5.51. The van der Waals surface area contributed by atoms with Crippen molar-refractivity contribution in [3.05, 3.63) is 41.8 Å². The second-order valence-electron chi connectivity index (χ2n) is 7.86. The van der Waals surface area contributed by atoms with Gasteiger partial charge in [-0.1, -0.05) is 17.3 Å². The Morgan fingerprint density at radius 3 is 2.66 bits per heavy atom. The number of piperazine rings is 1. The summed E-state index contributed by atoms with van der Waals surface area (Å²) in [5, 5.41) is 6.96. The van der Waals surface area contributed by atoms with Crippen molar-refractivity contribution in [1.29, 1.82) is 0 Å². The number of hydrogen-bond acceptors (Lipinski definition) is 6. The fourth-order valence-corrected chi connectivity index (χ4v) is 4.06. The molecule has 0 saturated carbocycles. The molecule has 0 bridgehead atoms. The molecule has 4 rings (SSSR count). The molecule has 1 fully saturated rings. The minimum absolute atomic E-state index is 0.0297. The van der Waals surface area contributed by atoms with Crippen LogP contribution in [0, 0.1) is 6.92 Å². The van der Waals surface area contributed by atoms with Gasteiger partial charge in [-0.3, -0.25) is 19.4 Å². The van der Waals surface area contributed by atoms with Crippen LogP contribution in [0.4, 0.5) is 11.4 Å². The number of para-hydroxylation sites is 2. The zero-order chi connectivity index (χ0) is 20.4. The summed E-state index contributed by atoms with van der Waals surface area (Å²) in [6.07, 6.45) is 0.297. The third kappa shape index (κ3) is 4.49. The Balaban J connectivity index is 1.37. The van der Waals surface area contributed by atoms with Crippen LogP contribution >= 0.6 is 0 Å². The molecule has 0 spiro atoms. The number of hydrogen-bond donors (Lipinski definition) is 1. The smallest absolute Gasteiger partial charge is 0.241 e. The molecule has 2 aliphatic rings. The van der Waals surface area contributed by atoms with Gasteiger partial charge >= 0.3 is 0 Å². The largest absolute Gasteiger partial charge is 0.361 e. The highest BCUT2D eigenvalue weighted by Gasteiger charge is 2.31. The number of aryl methyl sites for hydroxylation is 1. The van der Waals surface area contributed by atoms with Crippen LogP contribution in [0.5, 0.6) is 0 Å². The second kappa shape index (κ2) is 8.34. The topological polar surface area (TPSA) is 81.9 Å². The SMILES string of the molecule is Cc1cc(CN2CCN(CC(=O)N3c4ccccc4NC(=O)CC3C)CC2)no1. The van der Waals surface area contributed by atoms with Crippen molar-refractivity contribution in [3.63, 3.8) is 0 Å². The van der Waals surface area contributed by atoms with Crippen molar-refractivity contribution in [2.45, 2.75) is 32.9 Å². The van der Waals surface area contributed by atoms with E-state index in [-0.39, 0.29) is 17.9 Å². The number of aromatic nitrogens is 1. The van der Waals surface area contributed by atoms with Crippen LogP contribution in [0.2, 0.25) is 0 Å². The molecule has 8 nitrogen and oxygen atoms in total. The number of nitrogens with one attached hydrogen (secondary N) is 1. The monoisotopic (exact) mass is 397 g/mol. The van der Waals surface area contributed by atoms with Crippen molar-refractivity contribution in [3.8, 4) is 0 Å². The maximum Gasteiger partial charge on any atom is 0.241 e. The number of carbonyl (C=O) groups is 2. The molecule has 1 atom stereocenters. The first-order valence-electron chi connectivity index (χ1n) is 10.1. The summed E-state index contributed by atoms with van der Waals surface area (Å²) in [6, 6.07) is 9.29. The van der Waals surface area contributed by atoms with Crippen molar-refractivity contribution in [2.24, 2.45) is 0 Å². The predicted octanol–water partition coefficient (Wildman–Crippen LogP) is 1.86. The van der Waals surface area contributed by atoms with Gasteiger partial charge in [-0.2, -0.15) is 0 Å². The molecule has 1 N–H and O–H groups in total. The lowest BCUT2D eigenvalue weighted by Gasteiger charge is -2.36. The van der Waals surface area contributed by atoms with Gasteiger partial charge in [-0.25, -0.2) is 0 Å². The fourth-order valence-electron chi connectivity index (χ4n) is 4.06. The van der Waals surface area contributed by atoms with Gasteiger partial charge < -0.3 is 14.7 Å². The predicted molar refractivity (Wildman–Crippen MR) is 110 cm³/mol.